The van der Waals surface area contributed by atoms with Crippen LogP contribution in [0.3, 0.4) is 0 Å². The van der Waals surface area contributed by atoms with E-state index in [1.54, 1.807) is 6.92 Å². The molecule has 0 bridgehead atoms. The van der Waals surface area contributed by atoms with Crippen molar-refractivity contribution in [2.45, 2.75) is 26.7 Å². The normalized spacial score (nSPS) is 11.1. The standard InChI is InChI=1S/C18H19NO/c1-4-5-6-9-13(2)18-12-16(14(3)20)15-10-7-8-11-17(15)19-18/h5-8,10-12H,2,4,9H2,1,3H3/b6-5+. The predicted molar refractivity (Wildman–Crippen MR) is 84.8 cm³/mol. The fourth-order valence-corrected chi connectivity index (χ4v) is 2.14. The molecule has 1 heterocycles. The summed E-state index contributed by atoms with van der Waals surface area (Å²) in [5.74, 6) is 0.0572. The van der Waals surface area contributed by atoms with Crippen molar-refractivity contribution in [3.8, 4) is 0 Å². The number of aromatic nitrogens is 1. The van der Waals surface area contributed by atoms with Gasteiger partial charge in [-0.3, -0.25) is 4.79 Å². The van der Waals surface area contributed by atoms with Crippen molar-refractivity contribution in [3.63, 3.8) is 0 Å². The van der Waals surface area contributed by atoms with Crippen LogP contribution in [0.25, 0.3) is 16.5 Å². The molecule has 0 aliphatic rings. The molecule has 20 heavy (non-hydrogen) atoms. The number of allylic oxidation sites excluding steroid dienone is 3. The van der Waals surface area contributed by atoms with Crippen LogP contribution in [-0.2, 0) is 0 Å². The lowest BCUT2D eigenvalue weighted by molar-refractivity contribution is 0.101. The van der Waals surface area contributed by atoms with Crippen molar-refractivity contribution in [2.24, 2.45) is 0 Å². The molecule has 2 rings (SSSR count). The van der Waals surface area contributed by atoms with Gasteiger partial charge in [-0.2, -0.15) is 0 Å². The van der Waals surface area contributed by atoms with Gasteiger partial charge in [0, 0.05) is 10.9 Å². The van der Waals surface area contributed by atoms with Gasteiger partial charge in [0.2, 0.25) is 0 Å². The van der Waals surface area contributed by atoms with Gasteiger partial charge < -0.3 is 0 Å². The third-order valence-electron chi connectivity index (χ3n) is 3.22. The Morgan fingerprint density at radius 3 is 2.75 bits per heavy atom. The number of ketones is 1. The van der Waals surface area contributed by atoms with E-state index in [2.05, 4.69) is 30.6 Å². The fourth-order valence-electron chi connectivity index (χ4n) is 2.14. The Balaban J connectivity index is 2.47. The maximum atomic E-state index is 11.8. The molecule has 0 unspecified atom stereocenters. The van der Waals surface area contributed by atoms with Crippen molar-refractivity contribution in [3.05, 3.63) is 60.3 Å². The molecule has 0 spiro atoms. The maximum Gasteiger partial charge on any atom is 0.160 e. The highest BCUT2D eigenvalue weighted by Gasteiger charge is 2.10. The smallest absolute Gasteiger partial charge is 0.160 e. The summed E-state index contributed by atoms with van der Waals surface area (Å²) in [4.78, 5) is 16.4. The summed E-state index contributed by atoms with van der Waals surface area (Å²) in [6.07, 6.45) is 5.97. The largest absolute Gasteiger partial charge is 0.294 e. The minimum atomic E-state index is 0.0572. The fraction of sp³-hybridized carbons (Fsp3) is 0.222. The number of Topliss-reactive ketones (excluding diaryl/α,β-unsaturated/α-hetero) is 1. The first-order valence-electron chi connectivity index (χ1n) is 6.87. The highest BCUT2D eigenvalue weighted by atomic mass is 16.1. The molecular weight excluding hydrogens is 246 g/mol. The molecule has 0 saturated heterocycles. The van der Waals surface area contributed by atoms with Crippen molar-refractivity contribution in [1.29, 1.82) is 0 Å². The summed E-state index contributed by atoms with van der Waals surface area (Å²) >= 11 is 0. The number of hydrogen-bond acceptors (Lipinski definition) is 2. The maximum absolute atomic E-state index is 11.8. The third kappa shape index (κ3) is 3.02. The first-order chi connectivity index (χ1) is 9.63. The van der Waals surface area contributed by atoms with Gasteiger partial charge in [0.1, 0.15) is 0 Å². The lowest BCUT2D eigenvalue weighted by Crippen LogP contribution is -1.99. The van der Waals surface area contributed by atoms with E-state index in [1.165, 1.54) is 0 Å². The number of fused-ring (bicyclic) bond motifs is 1. The Morgan fingerprint density at radius 1 is 1.30 bits per heavy atom. The van der Waals surface area contributed by atoms with Gasteiger partial charge in [0.05, 0.1) is 11.2 Å². The van der Waals surface area contributed by atoms with Crippen LogP contribution in [0.4, 0.5) is 0 Å². The molecular formula is C18H19NO. The summed E-state index contributed by atoms with van der Waals surface area (Å²) in [7, 11) is 0. The average molecular weight is 265 g/mol. The number of para-hydroxylation sites is 1. The molecule has 2 heteroatoms. The number of rotatable bonds is 5. The van der Waals surface area contributed by atoms with Crippen LogP contribution in [-0.4, -0.2) is 10.8 Å². The molecule has 0 fully saturated rings. The number of pyridine rings is 1. The second-order valence-corrected chi connectivity index (χ2v) is 4.82. The first kappa shape index (κ1) is 14.2. The molecule has 0 amide bonds. The summed E-state index contributed by atoms with van der Waals surface area (Å²) in [6, 6.07) is 9.58. The van der Waals surface area contributed by atoms with Gasteiger partial charge >= 0.3 is 0 Å². The molecule has 2 aromatic rings. The van der Waals surface area contributed by atoms with Gasteiger partial charge in [0.25, 0.3) is 0 Å². The van der Waals surface area contributed by atoms with Crippen molar-refractivity contribution in [1.82, 2.24) is 4.98 Å². The monoisotopic (exact) mass is 265 g/mol. The van der Waals surface area contributed by atoms with E-state index < -0.39 is 0 Å². The van der Waals surface area contributed by atoms with Gasteiger partial charge in [0.15, 0.2) is 5.78 Å². The highest BCUT2D eigenvalue weighted by Crippen LogP contribution is 2.23. The number of carbonyl (C=O) groups is 1. The van der Waals surface area contributed by atoms with Gasteiger partial charge in [-0.05, 0) is 37.5 Å². The van der Waals surface area contributed by atoms with Crippen LogP contribution < -0.4 is 0 Å². The molecule has 0 N–H and O–H groups in total. The van der Waals surface area contributed by atoms with Gasteiger partial charge in [-0.15, -0.1) is 0 Å². The topological polar surface area (TPSA) is 30.0 Å². The van der Waals surface area contributed by atoms with Crippen LogP contribution in [0.2, 0.25) is 0 Å². The molecule has 0 radical (unpaired) electrons. The zero-order valence-corrected chi connectivity index (χ0v) is 12.0. The van der Waals surface area contributed by atoms with Crippen LogP contribution in [0, 0.1) is 0 Å². The van der Waals surface area contributed by atoms with E-state index in [1.807, 2.05) is 30.3 Å². The average Bonchev–Trinajstić information content (AvgIpc) is 2.46. The van der Waals surface area contributed by atoms with Crippen molar-refractivity contribution < 1.29 is 4.79 Å². The summed E-state index contributed by atoms with van der Waals surface area (Å²) in [5.41, 5.74) is 3.29. The Labute approximate surface area is 119 Å². The Morgan fingerprint density at radius 2 is 2.05 bits per heavy atom. The molecule has 2 nitrogen and oxygen atoms in total. The first-order valence-corrected chi connectivity index (χ1v) is 6.87. The lowest BCUT2D eigenvalue weighted by atomic mass is 10.0. The number of nitrogens with zero attached hydrogens (tertiary/aromatic N) is 1. The minimum Gasteiger partial charge on any atom is -0.294 e. The molecule has 1 aromatic carbocycles. The lowest BCUT2D eigenvalue weighted by Gasteiger charge is -2.08. The Hall–Kier alpha value is -2.22. The second-order valence-electron chi connectivity index (χ2n) is 4.82. The summed E-state index contributed by atoms with van der Waals surface area (Å²) in [5, 5.41) is 0.903. The molecule has 1 aromatic heterocycles. The Kier molecular flexibility index (Phi) is 4.46. The molecule has 0 saturated carbocycles. The van der Waals surface area contributed by atoms with Crippen LogP contribution in [0.15, 0.2) is 49.1 Å². The van der Waals surface area contributed by atoms with Gasteiger partial charge in [-0.1, -0.05) is 43.9 Å². The SMILES string of the molecule is C=C(C/C=C/CC)c1cc(C(C)=O)c2ccccc2n1. The van der Waals surface area contributed by atoms with E-state index in [9.17, 15) is 4.79 Å². The molecule has 102 valence electrons. The van der Waals surface area contributed by atoms with Crippen LogP contribution in [0.5, 0.6) is 0 Å². The predicted octanol–water partition coefficient (Wildman–Crippen LogP) is 4.81. The molecule has 0 aliphatic carbocycles. The quantitative estimate of drug-likeness (QED) is 0.573. The van der Waals surface area contributed by atoms with Crippen molar-refractivity contribution >= 4 is 22.3 Å². The molecule has 0 aliphatic heterocycles. The van der Waals surface area contributed by atoms with Crippen LogP contribution in [0.1, 0.15) is 42.7 Å². The zero-order valence-electron chi connectivity index (χ0n) is 12.0. The van der Waals surface area contributed by atoms with Crippen molar-refractivity contribution in [2.75, 3.05) is 0 Å². The third-order valence-corrected chi connectivity index (χ3v) is 3.22. The summed E-state index contributed by atoms with van der Waals surface area (Å²) < 4.78 is 0. The van der Waals surface area contributed by atoms with E-state index in [0.717, 1.165) is 35.0 Å². The number of hydrogen-bond donors (Lipinski definition) is 0. The second kappa shape index (κ2) is 6.29. The van der Waals surface area contributed by atoms with Crippen LogP contribution >= 0.6 is 0 Å². The summed E-state index contributed by atoms with van der Waals surface area (Å²) in [6.45, 7) is 7.77. The zero-order chi connectivity index (χ0) is 14.5. The van der Waals surface area contributed by atoms with E-state index >= 15 is 0 Å². The number of carbonyl (C=O) groups excluding carboxylic acids is 1. The number of benzene rings is 1. The minimum absolute atomic E-state index is 0.0572. The van der Waals surface area contributed by atoms with E-state index in [-0.39, 0.29) is 5.78 Å². The highest BCUT2D eigenvalue weighted by molar-refractivity contribution is 6.06. The van der Waals surface area contributed by atoms with E-state index in [0.29, 0.717) is 5.56 Å². The van der Waals surface area contributed by atoms with Gasteiger partial charge in [-0.25, -0.2) is 4.98 Å². The van der Waals surface area contributed by atoms with E-state index in [4.69, 9.17) is 0 Å². The molecule has 0 atom stereocenters. The Bertz CT molecular complexity index is 683.